The maximum atomic E-state index is 10.7. The summed E-state index contributed by atoms with van der Waals surface area (Å²) >= 11 is 0. The zero-order valence-electron chi connectivity index (χ0n) is 10.0. The molecule has 0 amide bonds. The first-order valence-electron chi connectivity index (χ1n) is 6.08. The first kappa shape index (κ1) is 12.0. The molecule has 0 unspecified atom stereocenters. The number of hydrogen-bond donors (Lipinski definition) is 1. The second kappa shape index (κ2) is 5.27. The number of piperidine rings is 1. The van der Waals surface area contributed by atoms with Crippen LogP contribution in [0.4, 0.5) is 0 Å². The van der Waals surface area contributed by atoms with Crippen LogP contribution in [0.1, 0.15) is 42.7 Å². The van der Waals surface area contributed by atoms with Gasteiger partial charge in [-0.05, 0) is 25.8 Å². The van der Waals surface area contributed by atoms with E-state index in [0.717, 1.165) is 32.5 Å². The largest absolute Gasteiger partial charge is 0.476 e. The summed E-state index contributed by atoms with van der Waals surface area (Å²) < 4.78 is 1.70. The van der Waals surface area contributed by atoms with E-state index in [1.54, 1.807) is 4.68 Å². The van der Waals surface area contributed by atoms with Gasteiger partial charge < -0.3 is 10.0 Å². The van der Waals surface area contributed by atoms with Crippen molar-refractivity contribution < 1.29 is 9.90 Å². The Morgan fingerprint density at radius 3 is 2.76 bits per heavy atom. The first-order valence-corrected chi connectivity index (χ1v) is 6.08. The predicted octanol–water partition coefficient (Wildman–Crippen LogP) is 1.02. The van der Waals surface area contributed by atoms with Crippen molar-refractivity contribution in [3.63, 3.8) is 0 Å². The van der Waals surface area contributed by atoms with Crippen molar-refractivity contribution in [2.24, 2.45) is 0 Å². The number of hydrogen-bond acceptors (Lipinski definition) is 4. The normalized spacial score (nSPS) is 18.4. The lowest BCUT2D eigenvalue weighted by Crippen LogP contribution is -2.35. The standard InChI is InChI=1S/C11H18N4O2/c1-2-5-14-6-3-9(4-7-14)15-8-10(11(16)17)12-13-15/h8-9H,2-7H2,1H3,(H,16,17). The molecule has 1 saturated heterocycles. The highest BCUT2D eigenvalue weighted by molar-refractivity contribution is 5.84. The average molecular weight is 238 g/mol. The molecular weight excluding hydrogens is 220 g/mol. The van der Waals surface area contributed by atoms with Gasteiger partial charge >= 0.3 is 5.97 Å². The molecule has 0 radical (unpaired) electrons. The molecule has 1 aliphatic heterocycles. The van der Waals surface area contributed by atoms with E-state index in [-0.39, 0.29) is 5.69 Å². The highest BCUT2D eigenvalue weighted by atomic mass is 16.4. The van der Waals surface area contributed by atoms with Gasteiger partial charge in [0.25, 0.3) is 0 Å². The topological polar surface area (TPSA) is 71.2 Å². The van der Waals surface area contributed by atoms with Gasteiger partial charge in [0.05, 0.1) is 12.2 Å². The summed E-state index contributed by atoms with van der Waals surface area (Å²) in [6.07, 6.45) is 4.74. The summed E-state index contributed by atoms with van der Waals surface area (Å²) in [5, 5.41) is 16.3. The van der Waals surface area contributed by atoms with Crippen molar-refractivity contribution in [2.75, 3.05) is 19.6 Å². The van der Waals surface area contributed by atoms with E-state index >= 15 is 0 Å². The fraction of sp³-hybridized carbons (Fsp3) is 0.727. The van der Waals surface area contributed by atoms with Crippen LogP contribution >= 0.6 is 0 Å². The van der Waals surface area contributed by atoms with Crippen LogP contribution in [0.25, 0.3) is 0 Å². The Bertz CT molecular complexity index is 383. The van der Waals surface area contributed by atoms with Crippen molar-refractivity contribution in [1.82, 2.24) is 19.9 Å². The molecule has 1 fully saturated rings. The molecule has 94 valence electrons. The SMILES string of the molecule is CCCN1CCC(n2cc(C(=O)O)nn2)CC1. The molecule has 0 saturated carbocycles. The highest BCUT2D eigenvalue weighted by Gasteiger charge is 2.21. The Balaban J connectivity index is 1.93. The van der Waals surface area contributed by atoms with Crippen molar-refractivity contribution in [3.05, 3.63) is 11.9 Å². The third-order valence-corrected chi connectivity index (χ3v) is 3.20. The first-order chi connectivity index (χ1) is 8.20. The molecule has 0 aliphatic carbocycles. The molecule has 1 aromatic heterocycles. The van der Waals surface area contributed by atoms with E-state index in [2.05, 4.69) is 22.1 Å². The van der Waals surface area contributed by atoms with Crippen molar-refractivity contribution in [1.29, 1.82) is 0 Å². The fourth-order valence-corrected chi connectivity index (χ4v) is 2.28. The minimum atomic E-state index is -1.01. The highest BCUT2D eigenvalue weighted by Crippen LogP contribution is 2.21. The number of likely N-dealkylation sites (tertiary alicyclic amines) is 1. The monoisotopic (exact) mass is 238 g/mol. The van der Waals surface area contributed by atoms with E-state index in [0.29, 0.717) is 6.04 Å². The second-order valence-corrected chi connectivity index (χ2v) is 4.46. The minimum Gasteiger partial charge on any atom is -0.476 e. The van der Waals surface area contributed by atoms with Gasteiger partial charge in [-0.1, -0.05) is 12.1 Å². The van der Waals surface area contributed by atoms with Crippen molar-refractivity contribution in [3.8, 4) is 0 Å². The number of carboxylic acids is 1. The average Bonchev–Trinajstić information content (AvgIpc) is 2.80. The number of aromatic carboxylic acids is 1. The Labute approximate surface area is 100 Å². The molecule has 6 heteroatoms. The third kappa shape index (κ3) is 2.82. The van der Waals surface area contributed by atoms with Crippen LogP contribution in [0.3, 0.4) is 0 Å². The van der Waals surface area contributed by atoms with Gasteiger partial charge in [-0.3, -0.25) is 0 Å². The maximum Gasteiger partial charge on any atom is 0.358 e. The second-order valence-electron chi connectivity index (χ2n) is 4.46. The molecule has 0 bridgehead atoms. The van der Waals surface area contributed by atoms with Gasteiger partial charge in [0, 0.05) is 13.1 Å². The molecule has 0 atom stereocenters. The zero-order valence-corrected chi connectivity index (χ0v) is 10.0. The van der Waals surface area contributed by atoms with E-state index < -0.39 is 5.97 Å². The van der Waals surface area contributed by atoms with Crippen LogP contribution in [-0.4, -0.2) is 50.6 Å². The number of carbonyl (C=O) groups is 1. The Kier molecular flexibility index (Phi) is 3.73. The van der Waals surface area contributed by atoms with Crippen LogP contribution in [0.2, 0.25) is 0 Å². The lowest BCUT2D eigenvalue weighted by atomic mass is 10.1. The summed E-state index contributed by atoms with van der Waals surface area (Å²) in [5.74, 6) is -1.01. The minimum absolute atomic E-state index is 0.0287. The number of aromatic nitrogens is 3. The van der Waals surface area contributed by atoms with Gasteiger partial charge in [-0.25, -0.2) is 9.48 Å². The molecule has 1 aromatic rings. The third-order valence-electron chi connectivity index (χ3n) is 3.20. The van der Waals surface area contributed by atoms with E-state index in [1.807, 2.05) is 0 Å². The van der Waals surface area contributed by atoms with E-state index in [9.17, 15) is 4.79 Å². The smallest absolute Gasteiger partial charge is 0.358 e. The Hall–Kier alpha value is -1.43. The van der Waals surface area contributed by atoms with Gasteiger partial charge in [0.2, 0.25) is 0 Å². The van der Waals surface area contributed by atoms with E-state index in [1.165, 1.54) is 12.6 Å². The lowest BCUT2D eigenvalue weighted by Gasteiger charge is -2.31. The lowest BCUT2D eigenvalue weighted by molar-refractivity contribution is 0.0690. The van der Waals surface area contributed by atoms with Crippen LogP contribution in [0.5, 0.6) is 0 Å². The van der Waals surface area contributed by atoms with Crippen molar-refractivity contribution in [2.45, 2.75) is 32.2 Å². The van der Waals surface area contributed by atoms with Gasteiger partial charge in [0.15, 0.2) is 5.69 Å². The van der Waals surface area contributed by atoms with Gasteiger partial charge in [0.1, 0.15) is 0 Å². The summed E-state index contributed by atoms with van der Waals surface area (Å²) in [6, 6.07) is 0.295. The van der Waals surface area contributed by atoms with Gasteiger partial charge in [-0.15, -0.1) is 5.10 Å². The van der Waals surface area contributed by atoms with Crippen LogP contribution in [0, 0.1) is 0 Å². The maximum absolute atomic E-state index is 10.7. The quantitative estimate of drug-likeness (QED) is 0.848. The van der Waals surface area contributed by atoms with Crippen LogP contribution in [-0.2, 0) is 0 Å². The Morgan fingerprint density at radius 1 is 1.53 bits per heavy atom. The van der Waals surface area contributed by atoms with Crippen molar-refractivity contribution >= 4 is 5.97 Å². The molecular formula is C11H18N4O2. The number of nitrogens with zero attached hydrogens (tertiary/aromatic N) is 4. The Morgan fingerprint density at radius 2 is 2.24 bits per heavy atom. The van der Waals surface area contributed by atoms with Crippen LogP contribution in [0.15, 0.2) is 6.20 Å². The summed E-state index contributed by atoms with van der Waals surface area (Å²) in [4.78, 5) is 13.1. The van der Waals surface area contributed by atoms with E-state index in [4.69, 9.17) is 5.11 Å². The van der Waals surface area contributed by atoms with Crippen LogP contribution < -0.4 is 0 Å². The summed E-state index contributed by atoms with van der Waals surface area (Å²) in [6.45, 7) is 5.44. The molecule has 2 heterocycles. The molecule has 2 rings (SSSR count). The molecule has 6 nitrogen and oxygen atoms in total. The predicted molar refractivity (Wildman–Crippen MR) is 62.0 cm³/mol. The summed E-state index contributed by atoms with van der Waals surface area (Å²) in [5.41, 5.74) is 0.0287. The fourth-order valence-electron chi connectivity index (χ4n) is 2.28. The molecule has 0 aromatic carbocycles. The molecule has 1 aliphatic rings. The summed E-state index contributed by atoms with van der Waals surface area (Å²) in [7, 11) is 0. The number of rotatable bonds is 4. The zero-order chi connectivity index (χ0) is 12.3. The molecule has 1 N–H and O–H groups in total. The molecule has 17 heavy (non-hydrogen) atoms. The molecule has 0 spiro atoms. The number of carboxylic acid groups (broad SMARTS) is 1. The van der Waals surface area contributed by atoms with Gasteiger partial charge in [-0.2, -0.15) is 0 Å².